The summed E-state index contributed by atoms with van der Waals surface area (Å²) in [6, 6.07) is 11.6. The number of amides is 1. The molecule has 218 valence electrons. The number of alkyl halides is 3. The Hall–Kier alpha value is -3.57. The van der Waals surface area contributed by atoms with Gasteiger partial charge >= 0.3 is 6.18 Å². The third kappa shape index (κ3) is 5.65. The summed E-state index contributed by atoms with van der Waals surface area (Å²) in [5.41, 5.74) is 0.718. The Bertz CT molecular complexity index is 1420. The van der Waals surface area contributed by atoms with Gasteiger partial charge in [-0.25, -0.2) is 4.68 Å². The number of hydrogen-bond donors (Lipinski definition) is 0. The first-order chi connectivity index (χ1) is 19.6. The van der Waals surface area contributed by atoms with Gasteiger partial charge in [0.05, 0.1) is 23.4 Å². The van der Waals surface area contributed by atoms with Crippen LogP contribution in [0, 0.1) is 6.92 Å². The van der Waals surface area contributed by atoms with Crippen LogP contribution < -0.4 is 9.64 Å². The average molecular weight is 590 g/mol. The summed E-state index contributed by atoms with van der Waals surface area (Å²) in [7, 11) is 1.50. The van der Waals surface area contributed by atoms with Crippen molar-refractivity contribution in [1.82, 2.24) is 19.6 Å². The lowest BCUT2D eigenvalue weighted by Gasteiger charge is -2.39. The number of carbonyl (C=O) groups excluding carboxylic acids is 2. The Morgan fingerprint density at radius 3 is 2.29 bits per heavy atom. The molecule has 12 heteroatoms. The van der Waals surface area contributed by atoms with Gasteiger partial charge in [-0.1, -0.05) is 41.9 Å². The molecule has 41 heavy (non-hydrogen) atoms. The third-order valence-corrected chi connectivity index (χ3v) is 8.07. The number of likely N-dealkylation sites (tertiary alicyclic amines) is 1. The van der Waals surface area contributed by atoms with Gasteiger partial charge in [-0.2, -0.15) is 18.3 Å². The molecular weight excluding hydrogens is 559 g/mol. The van der Waals surface area contributed by atoms with Crippen molar-refractivity contribution in [1.29, 1.82) is 0 Å². The van der Waals surface area contributed by atoms with Crippen molar-refractivity contribution in [2.24, 2.45) is 0 Å². The number of halogens is 4. The molecule has 0 radical (unpaired) electrons. The molecule has 0 aliphatic carbocycles. The Labute approximate surface area is 241 Å². The van der Waals surface area contributed by atoms with Crippen molar-refractivity contribution < 1.29 is 27.5 Å². The smallest absolute Gasteiger partial charge is 0.435 e. The normalized spacial score (nSPS) is 17.1. The van der Waals surface area contributed by atoms with Crippen molar-refractivity contribution in [3.05, 3.63) is 64.4 Å². The lowest BCUT2D eigenvalue weighted by molar-refractivity contribution is -0.141. The van der Waals surface area contributed by atoms with Crippen molar-refractivity contribution in [2.75, 3.05) is 51.3 Å². The maximum atomic E-state index is 14.0. The number of aldehydes is 1. The quantitative estimate of drug-likeness (QED) is 0.349. The van der Waals surface area contributed by atoms with Crippen LogP contribution in [0.5, 0.6) is 5.75 Å². The SMILES string of the molecule is COc1cc(N2CCN(C(C=O)n3nc(C(F)(F)F)c(-c4ccccc4)c3C)CC2)c(C(=O)N2CCCC2)cc1Cl. The van der Waals surface area contributed by atoms with E-state index in [1.54, 1.807) is 54.3 Å². The highest BCUT2D eigenvalue weighted by Gasteiger charge is 2.40. The van der Waals surface area contributed by atoms with E-state index >= 15 is 0 Å². The molecule has 8 nitrogen and oxygen atoms in total. The molecule has 3 heterocycles. The second-order valence-electron chi connectivity index (χ2n) is 10.2. The first kappa shape index (κ1) is 28.9. The molecule has 0 N–H and O–H groups in total. The minimum atomic E-state index is -4.70. The molecule has 2 fully saturated rings. The van der Waals surface area contributed by atoms with E-state index in [0.29, 0.717) is 73.1 Å². The number of benzene rings is 2. The highest BCUT2D eigenvalue weighted by molar-refractivity contribution is 6.32. The molecular formula is C29H31ClF3N5O3. The zero-order valence-corrected chi connectivity index (χ0v) is 23.6. The maximum absolute atomic E-state index is 14.0. The Balaban J connectivity index is 1.42. The minimum absolute atomic E-state index is 0.0399. The summed E-state index contributed by atoms with van der Waals surface area (Å²) < 4.78 is 48.7. The van der Waals surface area contributed by atoms with Crippen LogP contribution in [0.1, 0.15) is 40.8 Å². The number of nitrogens with zero attached hydrogens (tertiary/aromatic N) is 5. The number of aromatic nitrogens is 2. The largest absolute Gasteiger partial charge is 0.495 e. The molecule has 1 atom stereocenters. The van der Waals surface area contributed by atoms with Gasteiger partial charge in [0.2, 0.25) is 0 Å². The van der Waals surface area contributed by atoms with Crippen LogP contribution in [0.15, 0.2) is 42.5 Å². The number of methoxy groups -OCH3 is 1. The summed E-state index contributed by atoms with van der Waals surface area (Å²) in [5, 5.41) is 4.25. The monoisotopic (exact) mass is 589 g/mol. The van der Waals surface area contributed by atoms with Crippen LogP contribution in [0.4, 0.5) is 18.9 Å². The van der Waals surface area contributed by atoms with E-state index < -0.39 is 18.0 Å². The summed E-state index contributed by atoms with van der Waals surface area (Å²) >= 11 is 6.40. The van der Waals surface area contributed by atoms with Crippen LogP contribution in [0.3, 0.4) is 0 Å². The number of carbonyl (C=O) groups is 2. The zero-order chi connectivity index (χ0) is 29.3. The van der Waals surface area contributed by atoms with Crippen molar-refractivity contribution >= 4 is 29.5 Å². The summed E-state index contributed by atoms with van der Waals surface area (Å²) in [4.78, 5) is 31.4. The van der Waals surface area contributed by atoms with Gasteiger partial charge in [0.15, 0.2) is 18.1 Å². The maximum Gasteiger partial charge on any atom is 0.435 e. The van der Waals surface area contributed by atoms with E-state index in [0.717, 1.165) is 12.8 Å². The molecule has 2 aromatic carbocycles. The van der Waals surface area contributed by atoms with Gasteiger partial charge in [-0.05, 0) is 31.4 Å². The predicted octanol–water partition coefficient (Wildman–Crippen LogP) is 5.30. The summed E-state index contributed by atoms with van der Waals surface area (Å²) in [6.07, 6.45) is -3.20. The lowest BCUT2D eigenvalue weighted by atomic mass is 10.0. The van der Waals surface area contributed by atoms with Gasteiger partial charge in [-0.15, -0.1) is 0 Å². The van der Waals surface area contributed by atoms with E-state index in [1.165, 1.54) is 11.8 Å². The molecule has 0 spiro atoms. The minimum Gasteiger partial charge on any atom is -0.495 e. The first-order valence-corrected chi connectivity index (χ1v) is 13.8. The molecule has 1 aromatic heterocycles. The topological polar surface area (TPSA) is 70.9 Å². The van der Waals surface area contributed by atoms with Crippen LogP contribution >= 0.6 is 11.6 Å². The van der Waals surface area contributed by atoms with Crippen molar-refractivity contribution in [3.63, 3.8) is 0 Å². The number of rotatable bonds is 7. The molecule has 5 rings (SSSR count). The fourth-order valence-electron chi connectivity index (χ4n) is 5.67. The highest BCUT2D eigenvalue weighted by atomic mass is 35.5. The van der Waals surface area contributed by atoms with E-state index in [1.807, 2.05) is 9.80 Å². The molecule has 2 saturated heterocycles. The second kappa shape index (κ2) is 11.7. The van der Waals surface area contributed by atoms with Gasteiger partial charge in [-0.3, -0.25) is 14.5 Å². The first-order valence-electron chi connectivity index (χ1n) is 13.5. The highest BCUT2D eigenvalue weighted by Crippen LogP contribution is 2.40. The number of hydrogen-bond acceptors (Lipinski definition) is 6. The Morgan fingerprint density at radius 2 is 1.71 bits per heavy atom. The summed E-state index contributed by atoms with van der Waals surface area (Å²) in [6.45, 7) is 4.48. The van der Waals surface area contributed by atoms with Gasteiger partial charge in [0, 0.05) is 56.6 Å². The van der Waals surface area contributed by atoms with Gasteiger partial charge in [0.25, 0.3) is 5.91 Å². The fraction of sp³-hybridized carbons (Fsp3) is 0.414. The standard InChI is InChI=1S/C29H31ClF3N5O3/c1-19-26(20-8-4-3-5-9-20)27(29(31,32)33)34-38(19)25(18-39)36-14-12-35(13-15-36)23-17-24(41-2)22(30)16-21(23)28(40)37-10-6-7-11-37/h3-5,8-9,16-18,25H,6-7,10-15H2,1-2H3. The molecule has 3 aromatic rings. The van der Waals surface area contributed by atoms with E-state index in [9.17, 15) is 22.8 Å². The molecule has 1 amide bonds. The van der Waals surface area contributed by atoms with Crippen LogP contribution in [-0.2, 0) is 11.0 Å². The van der Waals surface area contributed by atoms with E-state index in [2.05, 4.69) is 5.10 Å². The fourth-order valence-corrected chi connectivity index (χ4v) is 5.91. The Kier molecular flexibility index (Phi) is 8.28. The van der Waals surface area contributed by atoms with Crippen LogP contribution in [0.2, 0.25) is 5.02 Å². The molecule has 2 aliphatic rings. The lowest BCUT2D eigenvalue weighted by Crippen LogP contribution is -2.50. The molecule has 0 saturated carbocycles. The van der Waals surface area contributed by atoms with Crippen molar-refractivity contribution in [2.45, 2.75) is 32.1 Å². The van der Waals surface area contributed by atoms with E-state index in [4.69, 9.17) is 16.3 Å². The molecule has 2 aliphatic heterocycles. The van der Waals surface area contributed by atoms with E-state index in [-0.39, 0.29) is 17.2 Å². The van der Waals surface area contributed by atoms with Crippen LogP contribution in [0.25, 0.3) is 11.1 Å². The van der Waals surface area contributed by atoms with Gasteiger partial charge < -0.3 is 14.5 Å². The average Bonchev–Trinajstić information content (AvgIpc) is 3.63. The van der Waals surface area contributed by atoms with Gasteiger partial charge in [0.1, 0.15) is 5.75 Å². The number of anilines is 1. The summed E-state index contributed by atoms with van der Waals surface area (Å²) in [5.74, 6) is 0.337. The molecule has 0 bridgehead atoms. The van der Waals surface area contributed by atoms with Crippen LogP contribution in [-0.4, -0.2) is 78.2 Å². The Morgan fingerprint density at radius 1 is 1.05 bits per heavy atom. The predicted molar refractivity (Wildman–Crippen MR) is 149 cm³/mol. The number of piperazine rings is 1. The van der Waals surface area contributed by atoms with Crippen molar-refractivity contribution in [3.8, 4) is 16.9 Å². The zero-order valence-electron chi connectivity index (χ0n) is 22.8. The number of ether oxygens (including phenoxy) is 1. The third-order valence-electron chi connectivity index (χ3n) is 7.78. The second-order valence-corrected chi connectivity index (χ2v) is 10.6. The molecule has 1 unspecified atom stereocenters.